The van der Waals surface area contributed by atoms with E-state index in [1.807, 2.05) is 24.3 Å². The highest BCUT2D eigenvalue weighted by molar-refractivity contribution is 7.98. The Kier molecular flexibility index (Phi) is 6.42. The van der Waals surface area contributed by atoms with Crippen LogP contribution in [-0.4, -0.2) is 11.9 Å². The summed E-state index contributed by atoms with van der Waals surface area (Å²) in [6, 6.07) is 17.1. The maximum absolute atomic E-state index is 12.8. The van der Waals surface area contributed by atoms with Gasteiger partial charge in [0, 0.05) is 40.6 Å². The van der Waals surface area contributed by atoms with E-state index in [-0.39, 0.29) is 12.5 Å². The molecule has 0 aliphatic rings. The summed E-state index contributed by atoms with van der Waals surface area (Å²) in [6.45, 7) is 1.29. The number of carbonyl (C=O) groups excluding carboxylic acids is 2. The standard InChI is InChI=1S/C24H19NO6S/c1-15(26)25-17-8-9-19-16(11-23(27)31-21(19)12-17)13-30-24(28)20-6-2-3-7-22(20)32-14-18-5-4-10-29-18/h2-12H,13-14H2,1H3,(H,25,26). The first-order chi connectivity index (χ1) is 15.5. The number of amides is 1. The first-order valence-corrected chi connectivity index (χ1v) is 10.7. The van der Waals surface area contributed by atoms with Gasteiger partial charge in [-0.2, -0.15) is 0 Å². The molecule has 1 N–H and O–H groups in total. The Bertz CT molecular complexity index is 1330. The molecule has 0 radical (unpaired) electrons. The Labute approximate surface area is 187 Å². The van der Waals surface area contributed by atoms with E-state index >= 15 is 0 Å². The normalized spacial score (nSPS) is 10.8. The van der Waals surface area contributed by atoms with E-state index in [0.717, 1.165) is 10.7 Å². The summed E-state index contributed by atoms with van der Waals surface area (Å²) in [5.74, 6) is 0.654. The molecule has 0 saturated carbocycles. The fourth-order valence-corrected chi connectivity index (χ4v) is 4.10. The van der Waals surface area contributed by atoms with Crippen LogP contribution in [0.5, 0.6) is 0 Å². The molecule has 32 heavy (non-hydrogen) atoms. The SMILES string of the molecule is CC(=O)Nc1ccc2c(COC(=O)c3ccccc3SCc3ccco3)cc(=O)oc2c1. The summed E-state index contributed by atoms with van der Waals surface area (Å²) in [4.78, 5) is 36.8. The number of nitrogens with one attached hydrogen (secondary N) is 1. The predicted molar refractivity (Wildman–Crippen MR) is 121 cm³/mol. The van der Waals surface area contributed by atoms with Gasteiger partial charge in [0.25, 0.3) is 0 Å². The van der Waals surface area contributed by atoms with Gasteiger partial charge in [0.15, 0.2) is 0 Å². The van der Waals surface area contributed by atoms with Gasteiger partial charge >= 0.3 is 11.6 Å². The fourth-order valence-electron chi connectivity index (χ4n) is 3.16. The molecule has 2 aromatic heterocycles. The van der Waals surface area contributed by atoms with Crippen molar-refractivity contribution >= 4 is 40.3 Å². The molecule has 0 fully saturated rings. The number of furan rings is 1. The quantitative estimate of drug-likeness (QED) is 0.241. The van der Waals surface area contributed by atoms with Crippen molar-refractivity contribution in [3.05, 3.63) is 94.2 Å². The van der Waals surface area contributed by atoms with Crippen molar-refractivity contribution in [2.24, 2.45) is 0 Å². The highest BCUT2D eigenvalue weighted by atomic mass is 32.2. The molecule has 4 aromatic rings. The maximum atomic E-state index is 12.8. The number of anilines is 1. The zero-order valence-electron chi connectivity index (χ0n) is 17.1. The lowest BCUT2D eigenvalue weighted by Gasteiger charge is -2.11. The van der Waals surface area contributed by atoms with Gasteiger partial charge in [-0.3, -0.25) is 4.79 Å². The molecule has 1 amide bonds. The summed E-state index contributed by atoms with van der Waals surface area (Å²) >= 11 is 1.47. The van der Waals surface area contributed by atoms with Gasteiger partial charge < -0.3 is 18.9 Å². The van der Waals surface area contributed by atoms with Crippen molar-refractivity contribution in [3.8, 4) is 0 Å². The molecular weight excluding hydrogens is 430 g/mol. The smallest absolute Gasteiger partial charge is 0.339 e. The molecule has 2 heterocycles. The Balaban J connectivity index is 1.52. The number of fused-ring (bicyclic) bond motifs is 1. The molecule has 0 bridgehead atoms. The third kappa shape index (κ3) is 5.09. The van der Waals surface area contributed by atoms with E-state index < -0.39 is 11.6 Å². The lowest BCUT2D eigenvalue weighted by atomic mass is 10.1. The summed E-state index contributed by atoms with van der Waals surface area (Å²) in [6.07, 6.45) is 1.61. The van der Waals surface area contributed by atoms with Crippen LogP contribution in [0.25, 0.3) is 11.0 Å². The minimum absolute atomic E-state index is 0.0996. The van der Waals surface area contributed by atoms with E-state index in [1.54, 1.807) is 36.6 Å². The van der Waals surface area contributed by atoms with Crippen LogP contribution >= 0.6 is 11.8 Å². The average Bonchev–Trinajstić information content (AvgIpc) is 3.29. The second kappa shape index (κ2) is 9.57. The molecule has 4 rings (SSSR count). The van der Waals surface area contributed by atoms with Crippen LogP contribution in [0.4, 0.5) is 5.69 Å². The highest BCUT2D eigenvalue weighted by Crippen LogP contribution is 2.28. The summed E-state index contributed by atoms with van der Waals surface area (Å²) < 4.78 is 16.1. The van der Waals surface area contributed by atoms with Crippen LogP contribution in [0, 0.1) is 0 Å². The number of thioether (sulfide) groups is 1. The number of hydrogen-bond acceptors (Lipinski definition) is 7. The molecular formula is C24H19NO6S. The monoisotopic (exact) mass is 449 g/mol. The zero-order chi connectivity index (χ0) is 22.5. The largest absolute Gasteiger partial charge is 0.468 e. The molecule has 0 atom stereocenters. The van der Waals surface area contributed by atoms with Gasteiger partial charge in [-0.1, -0.05) is 12.1 Å². The molecule has 162 valence electrons. The molecule has 0 unspecified atom stereocenters. The second-order valence-corrected chi connectivity index (χ2v) is 7.94. The zero-order valence-corrected chi connectivity index (χ0v) is 17.9. The van der Waals surface area contributed by atoms with E-state index in [0.29, 0.717) is 33.5 Å². The Hall–Kier alpha value is -3.78. The van der Waals surface area contributed by atoms with Gasteiger partial charge in [-0.05, 0) is 36.4 Å². The lowest BCUT2D eigenvalue weighted by Crippen LogP contribution is -2.09. The number of benzene rings is 2. The topological polar surface area (TPSA) is 98.7 Å². The number of esters is 1. The van der Waals surface area contributed by atoms with Crippen LogP contribution in [-0.2, 0) is 21.9 Å². The number of rotatable bonds is 7. The number of hydrogen-bond donors (Lipinski definition) is 1. The van der Waals surface area contributed by atoms with Crippen molar-refractivity contribution in [3.63, 3.8) is 0 Å². The Morgan fingerprint density at radius 3 is 2.69 bits per heavy atom. The van der Waals surface area contributed by atoms with Crippen LogP contribution in [0.1, 0.15) is 28.6 Å². The number of ether oxygens (including phenoxy) is 1. The molecule has 8 heteroatoms. The van der Waals surface area contributed by atoms with Gasteiger partial charge in [0.1, 0.15) is 18.0 Å². The Morgan fingerprint density at radius 2 is 1.91 bits per heavy atom. The third-order valence-electron chi connectivity index (χ3n) is 4.57. The van der Waals surface area contributed by atoms with Crippen molar-refractivity contribution in [2.75, 3.05) is 5.32 Å². The third-order valence-corrected chi connectivity index (χ3v) is 5.66. The maximum Gasteiger partial charge on any atom is 0.339 e. The first kappa shape index (κ1) is 21.5. The van der Waals surface area contributed by atoms with E-state index in [4.69, 9.17) is 13.6 Å². The molecule has 0 aliphatic heterocycles. The molecule has 0 aliphatic carbocycles. The molecule has 0 saturated heterocycles. The average molecular weight is 449 g/mol. The fraction of sp³-hybridized carbons (Fsp3) is 0.125. The van der Waals surface area contributed by atoms with Gasteiger partial charge in [0.05, 0.1) is 17.6 Å². The van der Waals surface area contributed by atoms with Crippen LogP contribution < -0.4 is 10.9 Å². The molecule has 0 spiro atoms. The first-order valence-electron chi connectivity index (χ1n) is 9.75. The van der Waals surface area contributed by atoms with Gasteiger partial charge in [-0.15, -0.1) is 11.8 Å². The minimum Gasteiger partial charge on any atom is -0.468 e. The van der Waals surface area contributed by atoms with E-state index in [1.165, 1.54) is 24.8 Å². The minimum atomic E-state index is -0.571. The van der Waals surface area contributed by atoms with Crippen LogP contribution in [0.2, 0.25) is 0 Å². The van der Waals surface area contributed by atoms with Crippen molar-refractivity contribution in [1.29, 1.82) is 0 Å². The van der Waals surface area contributed by atoms with Crippen molar-refractivity contribution in [2.45, 2.75) is 24.2 Å². The highest BCUT2D eigenvalue weighted by Gasteiger charge is 2.15. The van der Waals surface area contributed by atoms with Crippen molar-refractivity contribution < 1.29 is 23.2 Å². The van der Waals surface area contributed by atoms with Gasteiger partial charge in [0.2, 0.25) is 5.91 Å². The van der Waals surface area contributed by atoms with Crippen molar-refractivity contribution in [1.82, 2.24) is 0 Å². The summed E-state index contributed by atoms with van der Waals surface area (Å²) in [5, 5.41) is 3.26. The van der Waals surface area contributed by atoms with E-state index in [2.05, 4.69) is 5.32 Å². The van der Waals surface area contributed by atoms with Gasteiger partial charge in [-0.25, -0.2) is 9.59 Å². The molecule has 2 aromatic carbocycles. The molecule has 7 nitrogen and oxygen atoms in total. The van der Waals surface area contributed by atoms with Crippen LogP contribution in [0.15, 0.2) is 85.5 Å². The second-order valence-electron chi connectivity index (χ2n) is 6.92. The lowest BCUT2D eigenvalue weighted by molar-refractivity contribution is -0.114. The van der Waals surface area contributed by atoms with Crippen LogP contribution in [0.3, 0.4) is 0 Å². The summed E-state index contributed by atoms with van der Waals surface area (Å²) in [5.41, 5.74) is 1.18. The number of carbonyl (C=O) groups is 2. The predicted octanol–water partition coefficient (Wildman–Crippen LogP) is 4.99. The van der Waals surface area contributed by atoms with E-state index in [9.17, 15) is 14.4 Å². The summed E-state index contributed by atoms with van der Waals surface area (Å²) in [7, 11) is 0. The Morgan fingerprint density at radius 1 is 1.06 bits per heavy atom.